The van der Waals surface area contributed by atoms with Crippen molar-refractivity contribution >= 4 is 11.5 Å². The Kier molecular flexibility index (Phi) is 3.86. The first-order chi connectivity index (χ1) is 7.42. The highest BCUT2D eigenvalue weighted by Gasteiger charge is 2.17. The average Bonchev–Trinajstić information content (AvgIpc) is 2.63. The molecule has 1 heterocycles. The van der Waals surface area contributed by atoms with Crippen LogP contribution in [0, 0.1) is 0 Å². The van der Waals surface area contributed by atoms with Gasteiger partial charge in [-0.15, -0.1) is 5.10 Å². The maximum atomic E-state index is 4.16. The van der Waals surface area contributed by atoms with Crippen molar-refractivity contribution in [2.75, 3.05) is 7.05 Å². The minimum atomic E-state index is 0.279. The topological polar surface area (TPSA) is 37.8 Å². The Morgan fingerprint density at radius 2 is 2.33 bits per heavy atom. The van der Waals surface area contributed by atoms with Crippen molar-refractivity contribution in [2.45, 2.75) is 38.1 Å². The van der Waals surface area contributed by atoms with Gasteiger partial charge in [0.1, 0.15) is 0 Å². The van der Waals surface area contributed by atoms with Crippen LogP contribution in [0.15, 0.2) is 17.0 Å². The van der Waals surface area contributed by atoms with E-state index in [1.807, 2.05) is 12.4 Å². The Morgan fingerprint density at radius 1 is 1.40 bits per heavy atom. The second-order valence-corrected chi connectivity index (χ2v) is 4.54. The van der Waals surface area contributed by atoms with E-state index in [1.165, 1.54) is 49.2 Å². The Morgan fingerprint density at radius 3 is 3.07 bits per heavy atom. The fourth-order valence-electron chi connectivity index (χ4n) is 2.12. The molecule has 1 aromatic rings. The Hall–Kier alpha value is -0.740. The number of nitrogens with one attached hydrogen (secondary N) is 1. The van der Waals surface area contributed by atoms with E-state index in [4.69, 9.17) is 0 Å². The van der Waals surface area contributed by atoms with Crippen LogP contribution in [0.5, 0.6) is 0 Å². The quantitative estimate of drug-likeness (QED) is 0.801. The first-order valence-electron chi connectivity index (χ1n) is 5.55. The first-order valence-corrected chi connectivity index (χ1v) is 6.38. The first kappa shape index (κ1) is 10.8. The van der Waals surface area contributed by atoms with Crippen molar-refractivity contribution < 1.29 is 0 Å². The van der Waals surface area contributed by atoms with Gasteiger partial charge < -0.3 is 5.32 Å². The number of rotatable bonds is 3. The average molecular weight is 223 g/mol. The van der Waals surface area contributed by atoms with Gasteiger partial charge in [-0.2, -0.15) is 0 Å². The summed E-state index contributed by atoms with van der Waals surface area (Å²) in [6.45, 7) is 0. The summed E-state index contributed by atoms with van der Waals surface area (Å²) in [5.74, 6) is 0. The molecule has 0 spiro atoms. The summed E-state index contributed by atoms with van der Waals surface area (Å²) in [7, 11) is 2.00. The molecule has 15 heavy (non-hydrogen) atoms. The number of likely N-dealkylation sites (N-methyl/N-ethyl adjacent to an activating group) is 1. The zero-order valence-electron chi connectivity index (χ0n) is 9.07. The molecule has 3 nitrogen and oxygen atoms in total. The zero-order valence-corrected chi connectivity index (χ0v) is 9.89. The number of nitrogens with zero attached hydrogens (tertiary/aromatic N) is 2. The summed E-state index contributed by atoms with van der Waals surface area (Å²) >= 11 is 1.42. The molecule has 2 rings (SSSR count). The van der Waals surface area contributed by atoms with Crippen LogP contribution in [0.3, 0.4) is 0 Å². The minimum absolute atomic E-state index is 0.279. The Bertz CT molecular complexity index is 319. The fraction of sp³-hybridized carbons (Fsp3) is 0.636. The molecule has 1 aliphatic carbocycles. The van der Waals surface area contributed by atoms with Crippen LogP contribution in [-0.4, -0.2) is 16.6 Å². The highest BCUT2D eigenvalue weighted by atomic mass is 32.1. The molecule has 1 unspecified atom stereocenters. The van der Waals surface area contributed by atoms with Gasteiger partial charge in [-0.05, 0) is 44.3 Å². The summed E-state index contributed by atoms with van der Waals surface area (Å²) in [5.41, 5.74) is 2.55. The van der Waals surface area contributed by atoms with Crippen LogP contribution in [0.2, 0.25) is 0 Å². The lowest BCUT2D eigenvalue weighted by molar-refractivity contribution is 0.614. The number of aromatic nitrogens is 2. The minimum Gasteiger partial charge on any atom is -0.308 e. The third kappa shape index (κ3) is 2.63. The van der Waals surface area contributed by atoms with E-state index >= 15 is 0 Å². The smallest absolute Gasteiger partial charge is 0.0966 e. The number of hydrogen-bond acceptors (Lipinski definition) is 4. The molecular weight excluding hydrogens is 206 g/mol. The summed E-state index contributed by atoms with van der Waals surface area (Å²) in [6.07, 6.45) is 8.78. The summed E-state index contributed by atoms with van der Waals surface area (Å²) < 4.78 is 3.93. The van der Waals surface area contributed by atoms with Gasteiger partial charge in [-0.1, -0.05) is 22.6 Å². The molecule has 0 saturated carbocycles. The van der Waals surface area contributed by atoms with Crippen molar-refractivity contribution in [3.63, 3.8) is 0 Å². The summed E-state index contributed by atoms with van der Waals surface area (Å²) in [5, 5.41) is 9.53. The molecule has 1 aromatic heterocycles. The Balaban J connectivity index is 2.15. The number of allylic oxidation sites excluding steroid dienone is 1. The van der Waals surface area contributed by atoms with Crippen LogP contribution in [-0.2, 0) is 0 Å². The van der Waals surface area contributed by atoms with Crippen molar-refractivity contribution in [1.29, 1.82) is 0 Å². The van der Waals surface area contributed by atoms with Crippen molar-refractivity contribution in [3.8, 4) is 0 Å². The second-order valence-electron chi connectivity index (χ2n) is 3.93. The number of hydrogen-bond donors (Lipinski definition) is 1. The molecule has 0 amide bonds. The predicted molar refractivity (Wildman–Crippen MR) is 62.9 cm³/mol. The van der Waals surface area contributed by atoms with E-state index in [1.54, 1.807) is 0 Å². The molecule has 1 atom stereocenters. The predicted octanol–water partition coefficient (Wildman–Crippen LogP) is 2.69. The SMILES string of the molecule is CNC(C1=CCCCCC1)c1csnn1. The van der Waals surface area contributed by atoms with Crippen LogP contribution < -0.4 is 5.32 Å². The lowest BCUT2D eigenvalue weighted by atomic mass is 10.0. The van der Waals surface area contributed by atoms with Gasteiger partial charge >= 0.3 is 0 Å². The summed E-state index contributed by atoms with van der Waals surface area (Å²) in [4.78, 5) is 0. The second kappa shape index (κ2) is 5.37. The van der Waals surface area contributed by atoms with Gasteiger partial charge in [0.2, 0.25) is 0 Å². The molecule has 0 fully saturated rings. The molecule has 0 aliphatic heterocycles. The van der Waals surface area contributed by atoms with Gasteiger partial charge in [-0.25, -0.2) is 0 Å². The van der Waals surface area contributed by atoms with E-state index in [-0.39, 0.29) is 6.04 Å². The standard InChI is InChI=1S/C11H17N3S/c1-12-11(10-8-15-14-13-10)9-6-4-2-3-5-7-9/h6,8,11-12H,2-5,7H2,1H3. The third-order valence-corrected chi connectivity index (χ3v) is 3.43. The van der Waals surface area contributed by atoms with Gasteiger partial charge in [0.15, 0.2) is 0 Å². The van der Waals surface area contributed by atoms with Gasteiger partial charge in [0, 0.05) is 5.38 Å². The largest absolute Gasteiger partial charge is 0.308 e. The highest BCUT2D eigenvalue weighted by molar-refractivity contribution is 7.03. The van der Waals surface area contributed by atoms with E-state index in [0.717, 1.165) is 5.69 Å². The Labute approximate surface area is 94.8 Å². The normalized spacial score (nSPS) is 19.4. The van der Waals surface area contributed by atoms with Gasteiger partial charge in [0.25, 0.3) is 0 Å². The summed E-state index contributed by atoms with van der Waals surface area (Å²) in [6, 6.07) is 0.279. The lowest BCUT2D eigenvalue weighted by Gasteiger charge is -2.16. The molecule has 0 radical (unpaired) electrons. The van der Waals surface area contributed by atoms with Crippen LogP contribution in [0.25, 0.3) is 0 Å². The van der Waals surface area contributed by atoms with Gasteiger partial charge in [0.05, 0.1) is 11.7 Å². The monoisotopic (exact) mass is 223 g/mol. The lowest BCUT2D eigenvalue weighted by Crippen LogP contribution is -2.19. The zero-order chi connectivity index (χ0) is 10.5. The fourth-order valence-corrected chi connectivity index (χ4v) is 2.60. The van der Waals surface area contributed by atoms with Crippen LogP contribution in [0.1, 0.15) is 43.8 Å². The highest BCUT2D eigenvalue weighted by Crippen LogP contribution is 2.28. The molecule has 1 aliphatic rings. The van der Waals surface area contributed by atoms with Crippen LogP contribution in [0.4, 0.5) is 0 Å². The maximum Gasteiger partial charge on any atom is 0.0966 e. The molecule has 0 saturated heterocycles. The molecule has 0 bridgehead atoms. The molecule has 1 N–H and O–H groups in total. The van der Waals surface area contributed by atoms with E-state index < -0.39 is 0 Å². The van der Waals surface area contributed by atoms with Crippen molar-refractivity contribution in [3.05, 3.63) is 22.7 Å². The van der Waals surface area contributed by atoms with Crippen molar-refractivity contribution in [1.82, 2.24) is 14.9 Å². The molecule has 82 valence electrons. The van der Waals surface area contributed by atoms with Crippen LogP contribution >= 0.6 is 11.5 Å². The molecule has 0 aromatic carbocycles. The van der Waals surface area contributed by atoms with Crippen molar-refractivity contribution in [2.24, 2.45) is 0 Å². The van der Waals surface area contributed by atoms with E-state index in [2.05, 4.69) is 21.0 Å². The maximum absolute atomic E-state index is 4.16. The van der Waals surface area contributed by atoms with E-state index in [0.29, 0.717) is 0 Å². The van der Waals surface area contributed by atoms with E-state index in [9.17, 15) is 0 Å². The molecule has 4 heteroatoms. The third-order valence-electron chi connectivity index (χ3n) is 2.91. The molecular formula is C11H17N3S. The van der Waals surface area contributed by atoms with Gasteiger partial charge in [-0.3, -0.25) is 0 Å².